The summed E-state index contributed by atoms with van der Waals surface area (Å²) in [6.45, 7) is 9.24. The van der Waals surface area contributed by atoms with Crippen LogP contribution in [0.4, 0.5) is 5.69 Å². The Hall–Kier alpha value is -2.17. The third-order valence-electron chi connectivity index (χ3n) is 6.73. The third-order valence-corrected chi connectivity index (χ3v) is 6.73. The molecule has 4 rings (SSSR count). The number of nitrogens with zero attached hydrogens (tertiary/aromatic N) is 3. The average Bonchev–Trinajstić information content (AvgIpc) is 3.04. The Morgan fingerprint density at radius 1 is 0.897 bits per heavy atom. The molecule has 154 valence electrons. The second-order valence-electron chi connectivity index (χ2n) is 8.20. The van der Waals surface area contributed by atoms with Crippen molar-refractivity contribution in [1.82, 2.24) is 9.91 Å². The van der Waals surface area contributed by atoms with Crippen molar-refractivity contribution in [3.05, 3.63) is 65.7 Å². The molecule has 0 unspecified atom stereocenters. The molecule has 1 fully saturated rings. The minimum atomic E-state index is -0.613. The molecule has 1 saturated heterocycles. The van der Waals surface area contributed by atoms with Crippen molar-refractivity contribution in [3.63, 3.8) is 0 Å². The van der Waals surface area contributed by atoms with Crippen LogP contribution >= 0.6 is 0 Å². The summed E-state index contributed by atoms with van der Waals surface area (Å²) in [5, 5.41) is 4.30. The number of hydrogen-bond donors (Lipinski definition) is 0. The van der Waals surface area contributed by atoms with Crippen LogP contribution in [0.15, 0.2) is 54.6 Å². The molecule has 0 spiro atoms. The molecule has 0 N–H and O–H groups in total. The maximum atomic E-state index is 14.2. The molecule has 4 heteroatoms. The van der Waals surface area contributed by atoms with E-state index in [1.165, 1.54) is 6.42 Å². The van der Waals surface area contributed by atoms with Crippen LogP contribution in [0.3, 0.4) is 0 Å². The maximum Gasteiger partial charge on any atom is 0.256 e. The molecule has 4 nitrogen and oxygen atoms in total. The second-order valence-corrected chi connectivity index (χ2v) is 8.20. The van der Waals surface area contributed by atoms with Gasteiger partial charge in [-0.3, -0.25) is 4.79 Å². The number of benzene rings is 2. The lowest BCUT2D eigenvalue weighted by Crippen LogP contribution is -2.52. The zero-order chi connectivity index (χ0) is 20.3. The van der Waals surface area contributed by atoms with Crippen molar-refractivity contribution in [3.8, 4) is 0 Å². The van der Waals surface area contributed by atoms with Gasteiger partial charge in [0.1, 0.15) is 5.41 Å². The minimum Gasteiger partial charge on any atom is -0.304 e. The molecule has 2 heterocycles. The van der Waals surface area contributed by atoms with Gasteiger partial charge in [0.05, 0.1) is 5.69 Å². The van der Waals surface area contributed by atoms with E-state index in [4.69, 9.17) is 0 Å². The lowest BCUT2D eigenvalue weighted by molar-refractivity contribution is -0.125. The van der Waals surface area contributed by atoms with Crippen LogP contribution in [0.2, 0.25) is 0 Å². The van der Waals surface area contributed by atoms with E-state index < -0.39 is 5.41 Å². The van der Waals surface area contributed by atoms with E-state index in [2.05, 4.69) is 72.3 Å². The van der Waals surface area contributed by atoms with Gasteiger partial charge < -0.3 is 4.90 Å². The van der Waals surface area contributed by atoms with Gasteiger partial charge in [-0.15, -0.1) is 0 Å². The van der Waals surface area contributed by atoms with E-state index in [1.54, 1.807) is 0 Å². The molecule has 0 saturated carbocycles. The van der Waals surface area contributed by atoms with Crippen molar-refractivity contribution < 1.29 is 4.79 Å². The summed E-state index contributed by atoms with van der Waals surface area (Å²) in [6, 6.07) is 18.9. The summed E-state index contributed by atoms with van der Waals surface area (Å²) < 4.78 is 0. The highest BCUT2D eigenvalue weighted by Crippen LogP contribution is 2.49. The summed E-state index contributed by atoms with van der Waals surface area (Å²) in [6.07, 6.45) is 4.37. The van der Waals surface area contributed by atoms with E-state index in [1.807, 2.05) is 11.1 Å². The Kier molecular flexibility index (Phi) is 6.02. The Balaban J connectivity index is 1.82. The normalized spacial score (nSPS) is 22.3. The fourth-order valence-electron chi connectivity index (χ4n) is 5.04. The highest BCUT2D eigenvalue weighted by atomic mass is 16.2. The number of amides is 1. The molecule has 2 aliphatic heterocycles. The first-order valence-corrected chi connectivity index (χ1v) is 11.2. The molecule has 2 aromatic rings. The number of carbonyl (C=O) groups excluding carboxylic acids is 1. The van der Waals surface area contributed by atoms with Gasteiger partial charge in [-0.25, -0.2) is 10.0 Å². The van der Waals surface area contributed by atoms with E-state index in [0.29, 0.717) is 0 Å². The highest BCUT2D eigenvalue weighted by Gasteiger charge is 2.53. The number of piperidine rings is 1. The van der Waals surface area contributed by atoms with Crippen LogP contribution in [0.25, 0.3) is 0 Å². The van der Waals surface area contributed by atoms with E-state index in [-0.39, 0.29) is 5.91 Å². The van der Waals surface area contributed by atoms with Gasteiger partial charge in [-0.1, -0.05) is 68.8 Å². The average molecular weight is 392 g/mol. The molecule has 0 aliphatic carbocycles. The fraction of sp³-hybridized carbons (Fsp3) is 0.480. The molecule has 0 bridgehead atoms. The highest BCUT2D eigenvalue weighted by molar-refractivity contribution is 6.09. The zero-order valence-corrected chi connectivity index (χ0v) is 17.8. The number of carbonyl (C=O) groups is 1. The lowest BCUT2D eigenvalue weighted by Gasteiger charge is -2.37. The Bertz CT molecular complexity index is 827. The summed E-state index contributed by atoms with van der Waals surface area (Å²) in [7, 11) is 0. The van der Waals surface area contributed by atoms with Gasteiger partial charge in [0.15, 0.2) is 0 Å². The SMILES string of the molecule is CCN(CC)CC[C@@]1(c2ccccc2)C(=O)N(N2CCCCC2)c2ccccc21. The number of anilines is 1. The predicted molar refractivity (Wildman–Crippen MR) is 119 cm³/mol. The zero-order valence-electron chi connectivity index (χ0n) is 17.8. The third kappa shape index (κ3) is 3.49. The van der Waals surface area contributed by atoms with E-state index in [0.717, 1.165) is 68.8 Å². The summed E-state index contributed by atoms with van der Waals surface area (Å²) in [5.41, 5.74) is 2.73. The number of rotatable bonds is 7. The number of hydrazine groups is 1. The topological polar surface area (TPSA) is 26.8 Å². The van der Waals surface area contributed by atoms with Crippen molar-refractivity contribution >= 4 is 11.6 Å². The van der Waals surface area contributed by atoms with Crippen LogP contribution in [0.5, 0.6) is 0 Å². The molecule has 2 aliphatic rings. The van der Waals surface area contributed by atoms with Crippen molar-refractivity contribution in [2.45, 2.75) is 44.9 Å². The maximum absolute atomic E-state index is 14.2. The fourth-order valence-corrected chi connectivity index (χ4v) is 5.04. The standard InChI is InChI=1S/C25H33N3O/c1-3-26(4-2)20-17-25(21-13-7-5-8-14-21)22-15-9-10-16-23(22)28(24(25)29)27-18-11-6-12-19-27/h5,7-10,13-16H,3-4,6,11-12,17-20H2,1-2H3/t25-/m0/s1. The van der Waals surface area contributed by atoms with E-state index in [9.17, 15) is 4.79 Å². The first kappa shape index (κ1) is 20.1. The van der Waals surface area contributed by atoms with Crippen molar-refractivity contribution in [2.75, 3.05) is 37.7 Å². The quantitative estimate of drug-likeness (QED) is 0.698. The molecular formula is C25H33N3O. The molecule has 0 aromatic heterocycles. The molecule has 29 heavy (non-hydrogen) atoms. The van der Waals surface area contributed by atoms with Crippen LogP contribution in [-0.2, 0) is 10.2 Å². The molecule has 1 amide bonds. The number of hydrogen-bond acceptors (Lipinski definition) is 3. The number of para-hydroxylation sites is 1. The van der Waals surface area contributed by atoms with Crippen LogP contribution in [-0.4, -0.2) is 48.5 Å². The van der Waals surface area contributed by atoms with Crippen LogP contribution in [0, 0.1) is 0 Å². The van der Waals surface area contributed by atoms with Crippen molar-refractivity contribution in [2.24, 2.45) is 0 Å². The summed E-state index contributed by atoms with van der Waals surface area (Å²) >= 11 is 0. The minimum absolute atomic E-state index is 0.221. The summed E-state index contributed by atoms with van der Waals surface area (Å²) in [5.74, 6) is 0.221. The lowest BCUT2D eigenvalue weighted by atomic mass is 9.72. The smallest absolute Gasteiger partial charge is 0.256 e. The van der Waals surface area contributed by atoms with Gasteiger partial charge >= 0.3 is 0 Å². The first-order valence-electron chi connectivity index (χ1n) is 11.2. The second kappa shape index (κ2) is 8.68. The van der Waals surface area contributed by atoms with Crippen LogP contribution in [0.1, 0.15) is 50.7 Å². The Morgan fingerprint density at radius 2 is 1.55 bits per heavy atom. The van der Waals surface area contributed by atoms with Gasteiger partial charge in [0, 0.05) is 13.1 Å². The van der Waals surface area contributed by atoms with E-state index >= 15 is 0 Å². The van der Waals surface area contributed by atoms with Gasteiger partial charge in [-0.05, 0) is 56.1 Å². The molecule has 2 aromatic carbocycles. The Morgan fingerprint density at radius 3 is 2.24 bits per heavy atom. The van der Waals surface area contributed by atoms with Gasteiger partial charge in [0.25, 0.3) is 5.91 Å². The first-order chi connectivity index (χ1) is 14.2. The molecular weight excluding hydrogens is 358 g/mol. The van der Waals surface area contributed by atoms with Gasteiger partial charge in [-0.2, -0.15) is 0 Å². The predicted octanol–water partition coefficient (Wildman–Crippen LogP) is 4.45. The largest absolute Gasteiger partial charge is 0.304 e. The Labute approximate surface area is 175 Å². The molecule has 0 radical (unpaired) electrons. The molecule has 1 atom stereocenters. The van der Waals surface area contributed by atoms with Crippen LogP contribution < -0.4 is 5.01 Å². The van der Waals surface area contributed by atoms with Crippen molar-refractivity contribution in [1.29, 1.82) is 0 Å². The van der Waals surface area contributed by atoms with Gasteiger partial charge in [0.2, 0.25) is 0 Å². The summed E-state index contributed by atoms with van der Waals surface area (Å²) in [4.78, 5) is 16.7. The monoisotopic (exact) mass is 391 g/mol. The number of fused-ring (bicyclic) bond motifs is 1.